The SMILES string of the molecule is CC(C)NCC1CCC1N(C)Cc1cccc(Cl)c1. The van der Waals surface area contributed by atoms with Crippen LogP contribution in [0.4, 0.5) is 0 Å². The van der Waals surface area contributed by atoms with Crippen LogP contribution < -0.4 is 5.32 Å². The van der Waals surface area contributed by atoms with E-state index in [0.29, 0.717) is 12.1 Å². The highest BCUT2D eigenvalue weighted by molar-refractivity contribution is 6.30. The van der Waals surface area contributed by atoms with Crippen molar-refractivity contribution in [1.82, 2.24) is 10.2 Å². The molecule has 0 aliphatic heterocycles. The molecule has 2 atom stereocenters. The van der Waals surface area contributed by atoms with Gasteiger partial charge < -0.3 is 5.32 Å². The van der Waals surface area contributed by atoms with Gasteiger partial charge in [-0.1, -0.05) is 37.6 Å². The van der Waals surface area contributed by atoms with Crippen LogP contribution in [0.5, 0.6) is 0 Å². The molecule has 0 saturated heterocycles. The van der Waals surface area contributed by atoms with E-state index in [9.17, 15) is 0 Å². The van der Waals surface area contributed by atoms with Crippen LogP contribution in [0.25, 0.3) is 0 Å². The van der Waals surface area contributed by atoms with Crippen molar-refractivity contribution in [2.75, 3.05) is 13.6 Å². The van der Waals surface area contributed by atoms with E-state index < -0.39 is 0 Å². The Labute approximate surface area is 122 Å². The van der Waals surface area contributed by atoms with E-state index in [-0.39, 0.29) is 0 Å². The summed E-state index contributed by atoms with van der Waals surface area (Å²) < 4.78 is 0. The number of hydrogen-bond acceptors (Lipinski definition) is 2. The summed E-state index contributed by atoms with van der Waals surface area (Å²) in [5, 5.41) is 4.39. The van der Waals surface area contributed by atoms with E-state index in [2.05, 4.69) is 43.2 Å². The van der Waals surface area contributed by atoms with Crippen LogP contribution in [-0.4, -0.2) is 30.6 Å². The molecule has 1 fully saturated rings. The molecule has 1 N–H and O–H groups in total. The number of nitrogens with zero attached hydrogens (tertiary/aromatic N) is 1. The summed E-state index contributed by atoms with van der Waals surface area (Å²) in [6.45, 7) is 6.55. The van der Waals surface area contributed by atoms with Gasteiger partial charge in [-0.25, -0.2) is 0 Å². The minimum Gasteiger partial charge on any atom is -0.314 e. The van der Waals surface area contributed by atoms with Gasteiger partial charge in [-0.15, -0.1) is 0 Å². The second-order valence-electron chi connectivity index (χ2n) is 6.01. The summed E-state index contributed by atoms with van der Waals surface area (Å²) >= 11 is 6.04. The number of nitrogens with one attached hydrogen (secondary N) is 1. The van der Waals surface area contributed by atoms with Gasteiger partial charge in [0, 0.05) is 23.7 Å². The summed E-state index contributed by atoms with van der Waals surface area (Å²) in [4.78, 5) is 2.47. The van der Waals surface area contributed by atoms with Gasteiger partial charge in [0.1, 0.15) is 0 Å². The fraction of sp³-hybridized carbons (Fsp3) is 0.625. The third-order valence-electron chi connectivity index (χ3n) is 4.05. The molecule has 106 valence electrons. The average Bonchev–Trinajstić information content (AvgIpc) is 2.26. The van der Waals surface area contributed by atoms with Gasteiger partial charge in [-0.05, 0) is 50.0 Å². The first-order chi connectivity index (χ1) is 9.06. The van der Waals surface area contributed by atoms with E-state index in [1.165, 1.54) is 18.4 Å². The normalized spacial score (nSPS) is 22.8. The minimum atomic E-state index is 0.583. The molecule has 1 aliphatic rings. The van der Waals surface area contributed by atoms with Gasteiger partial charge in [-0.3, -0.25) is 4.90 Å². The quantitative estimate of drug-likeness (QED) is 0.857. The molecule has 1 aliphatic carbocycles. The summed E-state index contributed by atoms with van der Waals surface area (Å²) in [7, 11) is 2.23. The molecule has 3 heteroatoms. The highest BCUT2D eigenvalue weighted by Gasteiger charge is 2.33. The number of benzene rings is 1. The maximum Gasteiger partial charge on any atom is 0.0409 e. The first-order valence-electron chi connectivity index (χ1n) is 7.24. The predicted octanol–water partition coefficient (Wildman–Crippen LogP) is 3.55. The van der Waals surface area contributed by atoms with Crippen LogP contribution in [0, 0.1) is 5.92 Å². The lowest BCUT2D eigenvalue weighted by atomic mass is 9.78. The predicted molar refractivity (Wildman–Crippen MR) is 82.6 cm³/mol. The van der Waals surface area contributed by atoms with E-state index in [0.717, 1.165) is 24.0 Å². The minimum absolute atomic E-state index is 0.583. The molecule has 0 aromatic heterocycles. The van der Waals surface area contributed by atoms with Crippen LogP contribution in [0.3, 0.4) is 0 Å². The Balaban J connectivity index is 1.84. The van der Waals surface area contributed by atoms with Crippen molar-refractivity contribution in [2.45, 2.75) is 45.3 Å². The maximum absolute atomic E-state index is 6.04. The van der Waals surface area contributed by atoms with Crippen molar-refractivity contribution in [3.63, 3.8) is 0 Å². The van der Waals surface area contributed by atoms with Gasteiger partial charge in [0.15, 0.2) is 0 Å². The summed E-state index contributed by atoms with van der Waals surface area (Å²) in [6, 6.07) is 9.48. The zero-order valence-corrected chi connectivity index (χ0v) is 13.0. The Hall–Kier alpha value is -0.570. The third-order valence-corrected chi connectivity index (χ3v) is 4.29. The summed E-state index contributed by atoms with van der Waals surface area (Å²) in [5.41, 5.74) is 1.30. The molecule has 0 bridgehead atoms. The molecule has 1 aromatic rings. The molecule has 0 radical (unpaired) electrons. The van der Waals surface area contributed by atoms with Gasteiger partial charge in [0.2, 0.25) is 0 Å². The molecule has 2 unspecified atom stereocenters. The summed E-state index contributed by atoms with van der Waals surface area (Å²) in [5.74, 6) is 0.798. The molecule has 1 aromatic carbocycles. The monoisotopic (exact) mass is 280 g/mol. The average molecular weight is 281 g/mol. The summed E-state index contributed by atoms with van der Waals surface area (Å²) in [6.07, 6.45) is 2.67. The van der Waals surface area contributed by atoms with E-state index in [4.69, 9.17) is 11.6 Å². The standard InChI is InChI=1S/C16H25ClN2/c1-12(2)18-10-14-7-8-16(14)19(3)11-13-5-4-6-15(17)9-13/h4-6,9,12,14,16,18H,7-8,10-11H2,1-3H3. The second-order valence-corrected chi connectivity index (χ2v) is 6.45. The molecule has 2 rings (SSSR count). The zero-order valence-electron chi connectivity index (χ0n) is 12.2. The first-order valence-corrected chi connectivity index (χ1v) is 7.62. The Morgan fingerprint density at radius 3 is 2.74 bits per heavy atom. The lowest BCUT2D eigenvalue weighted by molar-refractivity contribution is 0.0768. The fourth-order valence-corrected chi connectivity index (χ4v) is 3.01. The highest BCUT2D eigenvalue weighted by atomic mass is 35.5. The van der Waals surface area contributed by atoms with Crippen LogP contribution in [-0.2, 0) is 6.54 Å². The van der Waals surface area contributed by atoms with E-state index in [1.54, 1.807) is 0 Å². The van der Waals surface area contributed by atoms with Crippen LogP contribution in [0.1, 0.15) is 32.3 Å². The molecular weight excluding hydrogens is 256 g/mol. The largest absolute Gasteiger partial charge is 0.314 e. The molecule has 0 amide bonds. The van der Waals surface area contributed by atoms with Gasteiger partial charge >= 0.3 is 0 Å². The number of hydrogen-bond donors (Lipinski definition) is 1. The highest BCUT2D eigenvalue weighted by Crippen LogP contribution is 2.32. The van der Waals surface area contributed by atoms with E-state index >= 15 is 0 Å². The van der Waals surface area contributed by atoms with Crippen molar-refractivity contribution in [3.8, 4) is 0 Å². The molecule has 1 saturated carbocycles. The molecular formula is C16H25ClN2. The lowest BCUT2D eigenvalue weighted by Gasteiger charge is -2.43. The maximum atomic E-state index is 6.04. The second kappa shape index (κ2) is 6.74. The Bertz CT molecular complexity index is 405. The van der Waals surface area contributed by atoms with E-state index in [1.807, 2.05) is 12.1 Å². The molecule has 0 heterocycles. The van der Waals surface area contributed by atoms with Crippen molar-refractivity contribution >= 4 is 11.6 Å². The third kappa shape index (κ3) is 4.20. The molecule has 2 nitrogen and oxygen atoms in total. The van der Waals surface area contributed by atoms with Crippen molar-refractivity contribution < 1.29 is 0 Å². The number of halogens is 1. The molecule has 0 spiro atoms. The zero-order chi connectivity index (χ0) is 13.8. The van der Waals surface area contributed by atoms with Crippen molar-refractivity contribution in [3.05, 3.63) is 34.9 Å². The van der Waals surface area contributed by atoms with Crippen LogP contribution >= 0.6 is 11.6 Å². The van der Waals surface area contributed by atoms with Gasteiger partial charge in [0.25, 0.3) is 0 Å². The lowest BCUT2D eigenvalue weighted by Crippen LogP contribution is -2.49. The first kappa shape index (κ1) is 14.8. The van der Waals surface area contributed by atoms with Gasteiger partial charge in [-0.2, -0.15) is 0 Å². The topological polar surface area (TPSA) is 15.3 Å². The van der Waals surface area contributed by atoms with Gasteiger partial charge in [0.05, 0.1) is 0 Å². The smallest absolute Gasteiger partial charge is 0.0409 e. The van der Waals surface area contributed by atoms with Crippen LogP contribution in [0.2, 0.25) is 5.02 Å². The Morgan fingerprint density at radius 2 is 2.16 bits per heavy atom. The van der Waals surface area contributed by atoms with Crippen LogP contribution in [0.15, 0.2) is 24.3 Å². The molecule has 19 heavy (non-hydrogen) atoms. The Kier molecular flexibility index (Phi) is 5.26. The van der Waals surface area contributed by atoms with Crippen molar-refractivity contribution in [1.29, 1.82) is 0 Å². The fourth-order valence-electron chi connectivity index (χ4n) is 2.80. The van der Waals surface area contributed by atoms with Crippen molar-refractivity contribution in [2.24, 2.45) is 5.92 Å². The Morgan fingerprint density at radius 1 is 1.37 bits per heavy atom. The number of rotatable bonds is 6.